The fourth-order valence-electron chi connectivity index (χ4n) is 4.84. The standard InChI is InChI=1S/C32H30N2O8S/c1-6-40-30(36)20-10-8-19(9-11-20)24-14-13-22(42-24)17-26-29(35)34-28(23-16-21(38-4)12-15-25(23)39-5)27(31(37)41-7-2)18(3)33-32(34)43-26/h8-17,28H,6-7H2,1-5H3/t28-/m0/s1. The van der Waals surface area contributed by atoms with Crippen molar-refractivity contribution in [1.82, 2.24) is 4.57 Å². The van der Waals surface area contributed by atoms with Gasteiger partial charge in [-0.2, -0.15) is 0 Å². The quantitative estimate of drug-likeness (QED) is 0.261. The lowest BCUT2D eigenvalue weighted by atomic mass is 9.95. The van der Waals surface area contributed by atoms with E-state index in [9.17, 15) is 14.4 Å². The first-order valence-electron chi connectivity index (χ1n) is 13.6. The summed E-state index contributed by atoms with van der Waals surface area (Å²) in [4.78, 5) is 44.2. The number of carbonyl (C=O) groups excluding carboxylic acids is 2. The van der Waals surface area contributed by atoms with Gasteiger partial charge in [-0.05, 0) is 63.2 Å². The lowest BCUT2D eigenvalue weighted by Crippen LogP contribution is -2.40. The molecule has 3 heterocycles. The van der Waals surface area contributed by atoms with Crippen LogP contribution in [0.25, 0.3) is 17.4 Å². The van der Waals surface area contributed by atoms with E-state index in [1.807, 2.05) is 0 Å². The van der Waals surface area contributed by atoms with Gasteiger partial charge in [-0.3, -0.25) is 9.36 Å². The van der Waals surface area contributed by atoms with Gasteiger partial charge in [0.05, 0.1) is 48.8 Å². The second kappa shape index (κ2) is 12.5. The van der Waals surface area contributed by atoms with E-state index in [1.165, 1.54) is 30.1 Å². The molecule has 0 N–H and O–H groups in total. The normalized spacial score (nSPS) is 14.6. The Balaban J connectivity index is 1.60. The molecule has 11 heteroatoms. The van der Waals surface area contributed by atoms with Crippen molar-refractivity contribution in [3.05, 3.63) is 102 Å². The van der Waals surface area contributed by atoms with Crippen molar-refractivity contribution in [2.45, 2.75) is 26.8 Å². The van der Waals surface area contributed by atoms with E-state index < -0.39 is 18.0 Å². The highest BCUT2D eigenvalue weighted by atomic mass is 32.1. The number of benzene rings is 2. The maximum atomic E-state index is 14.0. The number of rotatable bonds is 9. The molecule has 43 heavy (non-hydrogen) atoms. The van der Waals surface area contributed by atoms with Gasteiger partial charge in [0.15, 0.2) is 4.80 Å². The molecule has 10 nitrogen and oxygen atoms in total. The minimum absolute atomic E-state index is 0.161. The third-order valence-corrected chi connectivity index (χ3v) is 7.81. The number of fused-ring (bicyclic) bond motifs is 1. The van der Waals surface area contributed by atoms with E-state index in [2.05, 4.69) is 4.99 Å². The van der Waals surface area contributed by atoms with Crippen LogP contribution in [0.5, 0.6) is 11.5 Å². The molecule has 0 fully saturated rings. The first-order chi connectivity index (χ1) is 20.8. The van der Waals surface area contributed by atoms with Gasteiger partial charge in [-0.1, -0.05) is 23.5 Å². The van der Waals surface area contributed by atoms with Crippen molar-refractivity contribution in [2.75, 3.05) is 27.4 Å². The molecule has 0 spiro atoms. The Morgan fingerprint density at radius 3 is 2.37 bits per heavy atom. The number of nitrogens with zero attached hydrogens (tertiary/aromatic N) is 2. The number of esters is 2. The number of hydrogen-bond acceptors (Lipinski definition) is 10. The third-order valence-electron chi connectivity index (χ3n) is 6.83. The average molecular weight is 603 g/mol. The van der Waals surface area contributed by atoms with Crippen LogP contribution in [-0.4, -0.2) is 43.9 Å². The van der Waals surface area contributed by atoms with Crippen LogP contribution < -0.4 is 24.4 Å². The minimum Gasteiger partial charge on any atom is -0.497 e. The van der Waals surface area contributed by atoms with E-state index in [1.54, 1.807) is 81.4 Å². The predicted octanol–water partition coefficient (Wildman–Crippen LogP) is 4.25. The number of methoxy groups -OCH3 is 2. The van der Waals surface area contributed by atoms with Crippen LogP contribution in [0.3, 0.4) is 0 Å². The molecular formula is C32H30N2O8S. The summed E-state index contributed by atoms with van der Waals surface area (Å²) in [5.74, 6) is 1.06. The molecule has 0 aliphatic carbocycles. The summed E-state index contributed by atoms with van der Waals surface area (Å²) < 4.78 is 29.4. The Kier molecular flexibility index (Phi) is 8.63. The molecule has 2 aromatic carbocycles. The molecule has 0 unspecified atom stereocenters. The largest absolute Gasteiger partial charge is 0.497 e. The summed E-state index contributed by atoms with van der Waals surface area (Å²) >= 11 is 1.18. The molecule has 1 atom stereocenters. The summed E-state index contributed by atoms with van der Waals surface area (Å²) in [5, 5.41) is 0. The first-order valence-corrected chi connectivity index (χ1v) is 14.4. The van der Waals surface area contributed by atoms with Crippen molar-refractivity contribution < 1.29 is 33.0 Å². The van der Waals surface area contributed by atoms with Crippen LogP contribution in [0.15, 0.2) is 80.1 Å². The maximum Gasteiger partial charge on any atom is 0.338 e. The number of hydrogen-bond donors (Lipinski definition) is 0. The molecule has 0 radical (unpaired) electrons. The fourth-order valence-corrected chi connectivity index (χ4v) is 5.87. The lowest BCUT2D eigenvalue weighted by molar-refractivity contribution is -0.139. The van der Waals surface area contributed by atoms with Crippen molar-refractivity contribution in [1.29, 1.82) is 0 Å². The lowest BCUT2D eigenvalue weighted by Gasteiger charge is -2.26. The van der Waals surface area contributed by atoms with E-state index in [4.69, 9.17) is 23.4 Å². The molecule has 1 aliphatic rings. The minimum atomic E-state index is -0.868. The zero-order valence-corrected chi connectivity index (χ0v) is 25.2. The van der Waals surface area contributed by atoms with Crippen molar-refractivity contribution in [3.63, 3.8) is 0 Å². The highest BCUT2D eigenvalue weighted by molar-refractivity contribution is 7.07. The number of allylic oxidation sites excluding steroid dienone is 1. The Morgan fingerprint density at radius 1 is 0.977 bits per heavy atom. The number of thiazole rings is 1. The van der Waals surface area contributed by atoms with Crippen LogP contribution in [0.1, 0.15) is 48.5 Å². The van der Waals surface area contributed by atoms with Gasteiger partial charge in [0.25, 0.3) is 5.56 Å². The van der Waals surface area contributed by atoms with Crippen LogP contribution in [0, 0.1) is 0 Å². The van der Waals surface area contributed by atoms with Crippen LogP contribution >= 0.6 is 11.3 Å². The molecule has 222 valence electrons. The number of ether oxygens (including phenoxy) is 4. The zero-order valence-electron chi connectivity index (χ0n) is 24.3. The maximum absolute atomic E-state index is 14.0. The van der Waals surface area contributed by atoms with E-state index in [0.29, 0.717) is 55.8 Å². The van der Waals surface area contributed by atoms with Crippen LogP contribution in [0.4, 0.5) is 0 Å². The molecule has 1 aliphatic heterocycles. The van der Waals surface area contributed by atoms with Gasteiger partial charge >= 0.3 is 11.9 Å². The van der Waals surface area contributed by atoms with Crippen molar-refractivity contribution in [2.24, 2.45) is 4.99 Å². The van der Waals surface area contributed by atoms with Gasteiger partial charge in [-0.25, -0.2) is 14.6 Å². The highest BCUT2D eigenvalue weighted by Crippen LogP contribution is 2.37. The van der Waals surface area contributed by atoms with Crippen LogP contribution in [0.2, 0.25) is 0 Å². The Bertz CT molecular complexity index is 1900. The van der Waals surface area contributed by atoms with E-state index in [-0.39, 0.29) is 17.7 Å². The molecule has 0 bridgehead atoms. The van der Waals surface area contributed by atoms with Crippen LogP contribution in [-0.2, 0) is 14.3 Å². The van der Waals surface area contributed by atoms with Gasteiger partial charge in [0.1, 0.15) is 29.1 Å². The van der Waals surface area contributed by atoms with Gasteiger partial charge < -0.3 is 23.4 Å². The second-order valence-electron chi connectivity index (χ2n) is 9.41. The summed E-state index contributed by atoms with van der Waals surface area (Å²) in [6.07, 6.45) is 1.64. The Labute approximate surface area is 251 Å². The Morgan fingerprint density at radius 2 is 1.70 bits per heavy atom. The topological polar surface area (TPSA) is 119 Å². The zero-order chi connectivity index (χ0) is 30.7. The summed E-state index contributed by atoms with van der Waals surface area (Å²) in [6, 6.07) is 14.8. The third kappa shape index (κ3) is 5.76. The second-order valence-corrected chi connectivity index (χ2v) is 10.4. The van der Waals surface area contributed by atoms with Crippen molar-refractivity contribution in [3.8, 4) is 22.8 Å². The highest BCUT2D eigenvalue weighted by Gasteiger charge is 2.35. The first kappa shape index (κ1) is 29.6. The number of aromatic nitrogens is 1. The average Bonchev–Trinajstić information content (AvgIpc) is 3.60. The molecule has 0 amide bonds. The summed E-state index contributed by atoms with van der Waals surface area (Å²) in [6.45, 7) is 5.65. The van der Waals surface area contributed by atoms with Crippen molar-refractivity contribution >= 4 is 29.4 Å². The summed E-state index contributed by atoms with van der Waals surface area (Å²) in [5.41, 5.74) is 2.07. The van der Waals surface area contributed by atoms with Gasteiger partial charge in [0, 0.05) is 17.2 Å². The molecule has 4 aromatic rings. The molecular weight excluding hydrogens is 572 g/mol. The molecule has 2 aromatic heterocycles. The molecule has 0 saturated heterocycles. The fraction of sp³-hybridized carbons (Fsp3) is 0.250. The van der Waals surface area contributed by atoms with E-state index >= 15 is 0 Å². The number of carbonyl (C=O) groups is 2. The molecule has 5 rings (SSSR count). The molecule has 0 saturated carbocycles. The predicted molar refractivity (Wildman–Crippen MR) is 160 cm³/mol. The SMILES string of the molecule is CCOC(=O)C1=C(C)N=c2sc(=Cc3ccc(-c4ccc(C(=O)OCC)cc4)o3)c(=O)n2[C@H]1c1cc(OC)ccc1OC. The Hall–Kier alpha value is -4.90. The van der Waals surface area contributed by atoms with Gasteiger partial charge in [-0.15, -0.1) is 0 Å². The monoisotopic (exact) mass is 602 g/mol. The summed E-state index contributed by atoms with van der Waals surface area (Å²) in [7, 11) is 3.06. The smallest absolute Gasteiger partial charge is 0.338 e. The number of furan rings is 1. The van der Waals surface area contributed by atoms with Gasteiger partial charge in [0.2, 0.25) is 0 Å². The van der Waals surface area contributed by atoms with E-state index in [0.717, 1.165) is 5.56 Å².